The van der Waals surface area contributed by atoms with E-state index in [1.165, 1.54) is 24.2 Å². The van der Waals surface area contributed by atoms with E-state index in [4.69, 9.17) is 11.6 Å². The Balaban J connectivity index is 1.37. The lowest BCUT2D eigenvalue weighted by Crippen LogP contribution is -2.25. The molecule has 0 bridgehead atoms. The molecule has 0 saturated heterocycles. The maximum Gasteiger partial charge on any atom is 0.251 e. The summed E-state index contributed by atoms with van der Waals surface area (Å²) in [6.45, 7) is 0.532. The number of rotatable bonds is 5. The Kier molecular flexibility index (Phi) is 3.74. The molecule has 4 rings (SSSR count). The highest BCUT2D eigenvalue weighted by molar-refractivity contribution is 7.16. The third-order valence-electron chi connectivity index (χ3n) is 3.73. The molecule has 1 N–H and O–H groups in total. The standard InChI is InChI=1S/C15H14ClN5OS/c16-11-5-3-10(4-6-11)14(22)17-8-7-12-20-21-13(9-1-2-9)18-19-15(21)23-12/h3-6,9H,1-2,7-8H2,(H,17,22). The van der Waals surface area contributed by atoms with Gasteiger partial charge >= 0.3 is 0 Å². The molecule has 3 aromatic rings. The van der Waals surface area contributed by atoms with Gasteiger partial charge in [0.1, 0.15) is 5.01 Å². The normalized spacial score (nSPS) is 14.3. The van der Waals surface area contributed by atoms with E-state index in [1.54, 1.807) is 24.3 Å². The van der Waals surface area contributed by atoms with Crippen LogP contribution in [0.2, 0.25) is 5.02 Å². The molecule has 1 aliphatic carbocycles. The molecule has 1 saturated carbocycles. The second kappa shape index (κ2) is 5.90. The predicted octanol–water partition coefficient (Wildman–Crippen LogP) is 2.69. The fourth-order valence-electron chi connectivity index (χ4n) is 2.36. The van der Waals surface area contributed by atoms with E-state index in [9.17, 15) is 4.79 Å². The summed E-state index contributed by atoms with van der Waals surface area (Å²) in [6, 6.07) is 6.84. The van der Waals surface area contributed by atoms with Crippen molar-refractivity contribution in [1.82, 2.24) is 25.1 Å². The number of halogens is 1. The predicted molar refractivity (Wildman–Crippen MR) is 88.1 cm³/mol. The van der Waals surface area contributed by atoms with Gasteiger partial charge in [-0.05, 0) is 37.1 Å². The zero-order chi connectivity index (χ0) is 15.8. The van der Waals surface area contributed by atoms with Crippen LogP contribution in [-0.2, 0) is 6.42 Å². The molecule has 1 aromatic carbocycles. The molecule has 1 aliphatic rings. The Hall–Kier alpha value is -1.99. The highest BCUT2D eigenvalue weighted by Crippen LogP contribution is 2.39. The first-order valence-electron chi connectivity index (χ1n) is 7.45. The van der Waals surface area contributed by atoms with E-state index in [0.717, 1.165) is 15.8 Å². The van der Waals surface area contributed by atoms with Crippen molar-refractivity contribution in [1.29, 1.82) is 0 Å². The quantitative estimate of drug-likeness (QED) is 0.770. The molecule has 0 unspecified atom stereocenters. The van der Waals surface area contributed by atoms with Crippen molar-refractivity contribution in [3.63, 3.8) is 0 Å². The minimum absolute atomic E-state index is 0.108. The monoisotopic (exact) mass is 347 g/mol. The molecule has 1 fully saturated rings. The SMILES string of the molecule is O=C(NCCc1nn2c(C3CC3)nnc2s1)c1ccc(Cl)cc1. The Morgan fingerprint density at radius 1 is 1.30 bits per heavy atom. The number of nitrogens with zero attached hydrogens (tertiary/aromatic N) is 4. The molecule has 6 nitrogen and oxygen atoms in total. The van der Waals surface area contributed by atoms with Crippen LogP contribution in [0.15, 0.2) is 24.3 Å². The van der Waals surface area contributed by atoms with E-state index < -0.39 is 0 Å². The lowest BCUT2D eigenvalue weighted by molar-refractivity contribution is 0.0954. The molecule has 118 valence electrons. The van der Waals surface area contributed by atoms with Crippen LogP contribution in [0.1, 0.15) is 39.9 Å². The summed E-state index contributed by atoms with van der Waals surface area (Å²) in [5.74, 6) is 1.38. The van der Waals surface area contributed by atoms with Gasteiger partial charge in [-0.25, -0.2) is 0 Å². The molecule has 2 heterocycles. The molecule has 2 aromatic heterocycles. The summed E-state index contributed by atoms with van der Waals surface area (Å²) < 4.78 is 1.85. The Labute approximate surface area is 141 Å². The van der Waals surface area contributed by atoms with Crippen LogP contribution in [0.5, 0.6) is 0 Å². The smallest absolute Gasteiger partial charge is 0.251 e. The van der Waals surface area contributed by atoms with E-state index >= 15 is 0 Å². The van der Waals surface area contributed by atoms with Crippen molar-refractivity contribution in [2.24, 2.45) is 0 Å². The number of aromatic nitrogens is 4. The van der Waals surface area contributed by atoms with E-state index in [1.807, 2.05) is 4.52 Å². The van der Waals surface area contributed by atoms with Crippen molar-refractivity contribution in [2.75, 3.05) is 6.54 Å². The number of hydrogen-bond acceptors (Lipinski definition) is 5. The average molecular weight is 348 g/mol. The number of amides is 1. The number of hydrogen-bond donors (Lipinski definition) is 1. The Morgan fingerprint density at radius 2 is 2.09 bits per heavy atom. The minimum atomic E-state index is -0.108. The number of nitrogens with one attached hydrogen (secondary N) is 1. The first-order valence-corrected chi connectivity index (χ1v) is 8.65. The van der Waals surface area contributed by atoms with Crippen LogP contribution in [0, 0.1) is 0 Å². The van der Waals surface area contributed by atoms with E-state index in [0.29, 0.717) is 29.5 Å². The maximum atomic E-state index is 12.0. The van der Waals surface area contributed by atoms with Crippen LogP contribution < -0.4 is 5.32 Å². The van der Waals surface area contributed by atoms with Crippen LogP contribution >= 0.6 is 22.9 Å². The molecular weight excluding hydrogens is 334 g/mol. The second-order valence-corrected chi connectivity index (χ2v) is 7.01. The summed E-state index contributed by atoms with van der Waals surface area (Å²) in [5, 5.41) is 17.4. The van der Waals surface area contributed by atoms with Crippen molar-refractivity contribution in [3.8, 4) is 0 Å². The van der Waals surface area contributed by atoms with E-state index in [-0.39, 0.29) is 5.91 Å². The number of benzene rings is 1. The zero-order valence-corrected chi connectivity index (χ0v) is 13.8. The summed E-state index contributed by atoms with van der Waals surface area (Å²) in [7, 11) is 0. The number of carbonyl (C=O) groups is 1. The van der Waals surface area contributed by atoms with Gasteiger partial charge in [-0.15, -0.1) is 10.2 Å². The molecule has 8 heteroatoms. The van der Waals surface area contributed by atoms with Crippen molar-refractivity contribution >= 4 is 33.8 Å². The third-order valence-corrected chi connectivity index (χ3v) is 4.94. The van der Waals surface area contributed by atoms with E-state index in [2.05, 4.69) is 20.6 Å². The first kappa shape index (κ1) is 14.6. The number of carbonyl (C=O) groups excluding carboxylic acids is 1. The zero-order valence-electron chi connectivity index (χ0n) is 12.2. The third kappa shape index (κ3) is 3.07. The summed E-state index contributed by atoms with van der Waals surface area (Å²) in [6.07, 6.45) is 3.02. The van der Waals surface area contributed by atoms with Gasteiger partial charge in [-0.1, -0.05) is 22.9 Å². The molecule has 0 atom stereocenters. The van der Waals surface area contributed by atoms with Gasteiger partial charge < -0.3 is 5.32 Å². The van der Waals surface area contributed by atoms with Gasteiger partial charge in [0.25, 0.3) is 5.91 Å². The van der Waals surface area contributed by atoms with Gasteiger partial charge in [0, 0.05) is 29.5 Å². The van der Waals surface area contributed by atoms with Crippen molar-refractivity contribution in [3.05, 3.63) is 45.7 Å². The lowest BCUT2D eigenvalue weighted by Gasteiger charge is -2.03. The second-order valence-electron chi connectivity index (χ2n) is 5.54. The fraction of sp³-hybridized carbons (Fsp3) is 0.333. The van der Waals surface area contributed by atoms with Gasteiger partial charge in [-0.3, -0.25) is 4.79 Å². The van der Waals surface area contributed by atoms with Gasteiger partial charge in [-0.2, -0.15) is 9.61 Å². The summed E-state index contributed by atoms with van der Waals surface area (Å²) >= 11 is 7.34. The van der Waals surface area contributed by atoms with Crippen molar-refractivity contribution < 1.29 is 4.79 Å². The number of fused-ring (bicyclic) bond motifs is 1. The van der Waals surface area contributed by atoms with Crippen LogP contribution in [0.3, 0.4) is 0 Å². The summed E-state index contributed by atoms with van der Waals surface area (Å²) in [5.41, 5.74) is 0.601. The largest absolute Gasteiger partial charge is 0.352 e. The fourth-order valence-corrected chi connectivity index (χ4v) is 3.32. The minimum Gasteiger partial charge on any atom is -0.352 e. The molecule has 0 aliphatic heterocycles. The lowest BCUT2D eigenvalue weighted by atomic mass is 10.2. The first-order chi connectivity index (χ1) is 11.2. The van der Waals surface area contributed by atoms with Gasteiger partial charge in [0.2, 0.25) is 4.96 Å². The highest BCUT2D eigenvalue weighted by Gasteiger charge is 2.29. The molecule has 1 amide bonds. The maximum absolute atomic E-state index is 12.0. The Bertz CT molecular complexity index is 853. The van der Waals surface area contributed by atoms with Gasteiger partial charge in [0.15, 0.2) is 5.82 Å². The Morgan fingerprint density at radius 3 is 2.83 bits per heavy atom. The molecule has 0 spiro atoms. The highest BCUT2D eigenvalue weighted by atomic mass is 35.5. The molecular formula is C15H14ClN5OS. The summed E-state index contributed by atoms with van der Waals surface area (Å²) in [4.78, 5) is 12.8. The van der Waals surface area contributed by atoms with Crippen LogP contribution in [-0.4, -0.2) is 32.3 Å². The topological polar surface area (TPSA) is 72.2 Å². The van der Waals surface area contributed by atoms with Gasteiger partial charge in [0.05, 0.1) is 0 Å². The molecule has 23 heavy (non-hydrogen) atoms. The van der Waals surface area contributed by atoms with Crippen molar-refractivity contribution in [2.45, 2.75) is 25.2 Å². The molecule has 0 radical (unpaired) electrons. The van der Waals surface area contributed by atoms with Crippen LogP contribution in [0.25, 0.3) is 4.96 Å². The van der Waals surface area contributed by atoms with Crippen LogP contribution in [0.4, 0.5) is 0 Å². The average Bonchev–Trinajstić information content (AvgIpc) is 3.18.